The van der Waals surface area contributed by atoms with Gasteiger partial charge in [-0.2, -0.15) is 0 Å². The lowest BCUT2D eigenvalue weighted by molar-refractivity contribution is 0.262. The largest absolute Gasteiger partial charge is 0.303 e. The molecule has 0 bridgehead atoms. The zero-order chi connectivity index (χ0) is 14.8. The topological polar surface area (TPSA) is 24.9 Å². The molecule has 0 radical (unpaired) electrons. The summed E-state index contributed by atoms with van der Waals surface area (Å²) in [4.78, 5) is 6.28. The van der Waals surface area contributed by atoms with Crippen molar-refractivity contribution >= 4 is 11.3 Å². The van der Waals surface area contributed by atoms with Crippen molar-refractivity contribution in [1.82, 2.24) is 10.3 Å². The fourth-order valence-electron chi connectivity index (χ4n) is 3.47. The molecule has 0 aromatic carbocycles. The Balaban J connectivity index is 2.30. The molecule has 20 heavy (non-hydrogen) atoms. The van der Waals surface area contributed by atoms with Crippen LogP contribution in [0.15, 0.2) is 0 Å². The summed E-state index contributed by atoms with van der Waals surface area (Å²) in [6, 6.07) is 0.512. The van der Waals surface area contributed by atoms with Crippen molar-refractivity contribution in [3.05, 3.63) is 15.6 Å². The van der Waals surface area contributed by atoms with Gasteiger partial charge < -0.3 is 5.32 Å². The Hall–Kier alpha value is -0.410. The van der Waals surface area contributed by atoms with E-state index in [4.69, 9.17) is 4.98 Å². The van der Waals surface area contributed by atoms with Crippen molar-refractivity contribution in [2.75, 3.05) is 0 Å². The minimum absolute atomic E-state index is 0.127. The summed E-state index contributed by atoms with van der Waals surface area (Å²) < 4.78 is 0. The van der Waals surface area contributed by atoms with E-state index in [1.165, 1.54) is 54.1 Å². The zero-order valence-electron chi connectivity index (χ0n) is 13.8. The average Bonchev–Trinajstić information content (AvgIpc) is 2.62. The Morgan fingerprint density at radius 1 is 1.30 bits per heavy atom. The van der Waals surface area contributed by atoms with Crippen LogP contribution >= 0.6 is 11.3 Å². The van der Waals surface area contributed by atoms with E-state index in [1.807, 2.05) is 11.3 Å². The van der Waals surface area contributed by atoms with Crippen LogP contribution in [0.3, 0.4) is 0 Å². The normalized spacial score (nSPS) is 27.8. The third-order valence-corrected chi connectivity index (χ3v) is 6.05. The molecule has 1 aromatic heterocycles. The molecule has 0 spiro atoms. The molecule has 3 heteroatoms. The van der Waals surface area contributed by atoms with E-state index in [1.54, 1.807) is 0 Å². The lowest BCUT2D eigenvalue weighted by Crippen LogP contribution is -2.45. The molecule has 1 heterocycles. The molecule has 0 saturated heterocycles. The summed E-state index contributed by atoms with van der Waals surface area (Å²) in [5.41, 5.74) is 1.34. The Bertz CT molecular complexity index is 419. The van der Waals surface area contributed by atoms with Crippen LogP contribution in [-0.4, -0.2) is 11.0 Å². The highest BCUT2D eigenvalue weighted by Gasteiger charge is 2.37. The number of hydrogen-bond donors (Lipinski definition) is 1. The van der Waals surface area contributed by atoms with Crippen LogP contribution < -0.4 is 5.32 Å². The van der Waals surface area contributed by atoms with Crippen molar-refractivity contribution in [3.8, 4) is 0 Å². The standard InChI is InChI=1S/C17H30N2S/c1-6-15-8-7-10-17(11-9-15,19-12(2)3)16-18-13(4)14(5)20-16/h12,15,19H,6-11H2,1-5H3. The van der Waals surface area contributed by atoms with Crippen molar-refractivity contribution in [3.63, 3.8) is 0 Å². The molecule has 114 valence electrons. The fourth-order valence-corrected chi connectivity index (χ4v) is 4.59. The first-order valence-electron chi connectivity index (χ1n) is 8.19. The monoisotopic (exact) mass is 294 g/mol. The Labute approximate surface area is 128 Å². The highest BCUT2D eigenvalue weighted by Crippen LogP contribution is 2.41. The van der Waals surface area contributed by atoms with Gasteiger partial charge in [-0.25, -0.2) is 4.98 Å². The Kier molecular flexibility index (Phi) is 5.25. The number of aryl methyl sites for hydroxylation is 2. The molecular weight excluding hydrogens is 264 g/mol. The molecule has 0 amide bonds. The van der Waals surface area contributed by atoms with Crippen LogP contribution in [0.5, 0.6) is 0 Å². The molecule has 1 aliphatic rings. The fraction of sp³-hybridized carbons (Fsp3) is 0.824. The molecule has 1 N–H and O–H groups in total. The predicted octanol–water partition coefficient (Wildman–Crippen LogP) is 4.94. The van der Waals surface area contributed by atoms with Gasteiger partial charge in [-0.1, -0.05) is 26.2 Å². The van der Waals surface area contributed by atoms with Crippen LogP contribution in [-0.2, 0) is 5.54 Å². The molecule has 2 atom stereocenters. The van der Waals surface area contributed by atoms with E-state index in [0.29, 0.717) is 6.04 Å². The van der Waals surface area contributed by atoms with Crippen LogP contribution in [0.4, 0.5) is 0 Å². The summed E-state index contributed by atoms with van der Waals surface area (Å²) in [6.45, 7) is 11.2. The van der Waals surface area contributed by atoms with Crippen molar-refractivity contribution in [2.45, 2.75) is 84.7 Å². The number of hydrogen-bond acceptors (Lipinski definition) is 3. The zero-order valence-corrected chi connectivity index (χ0v) is 14.6. The van der Waals surface area contributed by atoms with Gasteiger partial charge in [0.2, 0.25) is 0 Å². The summed E-state index contributed by atoms with van der Waals surface area (Å²) in [5.74, 6) is 0.910. The Morgan fingerprint density at radius 3 is 2.60 bits per heavy atom. The highest BCUT2D eigenvalue weighted by molar-refractivity contribution is 7.11. The van der Waals surface area contributed by atoms with Crippen molar-refractivity contribution in [2.24, 2.45) is 5.92 Å². The lowest BCUT2D eigenvalue weighted by Gasteiger charge is -2.34. The first kappa shape index (κ1) is 16.0. The maximum absolute atomic E-state index is 4.91. The van der Waals surface area contributed by atoms with Crippen LogP contribution in [0.1, 0.15) is 74.9 Å². The van der Waals surface area contributed by atoms with Gasteiger partial charge in [0.1, 0.15) is 5.01 Å². The minimum Gasteiger partial charge on any atom is -0.303 e. The molecular formula is C17H30N2S. The molecule has 2 rings (SSSR count). The maximum atomic E-state index is 4.91. The van der Waals surface area contributed by atoms with Gasteiger partial charge >= 0.3 is 0 Å². The van der Waals surface area contributed by atoms with Crippen LogP contribution in [0.25, 0.3) is 0 Å². The van der Waals surface area contributed by atoms with E-state index >= 15 is 0 Å². The van der Waals surface area contributed by atoms with Gasteiger partial charge in [-0.05, 0) is 52.9 Å². The van der Waals surface area contributed by atoms with E-state index in [0.717, 1.165) is 5.92 Å². The van der Waals surface area contributed by atoms with Crippen molar-refractivity contribution < 1.29 is 0 Å². The van der Waals surface area contributed by atoms with E-state index in [-0.39, 0.29) is 5.54 Å². The van der Waals surface area contributed by atoms with Gasteiger partial charge in [-0.15, -0.1) is 11.3 Å². The second-order valence-electron chi connectivity index (χ2n) is 6.75. The molecule has 1 fully saturated rings. The van der Waals surface area contributed by atoms with Gasteiger partial charge in [0, 0.05) is 10.9 Å². The van der Waals surface area contributed by atoms with Crippen LogP contribution in [0.2, 0.25) is 0 Å². The number of aromatic nitrogens is 1. The quantitative estimate of drug-likeness (QED) is 0.795. The second-order valence-corrected chi connectivity index (χ2v) is 7.95. The molecule has 2 unspecified atom stereocenters. The molecule has 1 saturated carbocycles. The van der Waals surface area contributed by atoms with Gasteiger partial charge in [-0.3, -0.25) is 0 Å². The predicted molar refractivity (Wildman–Crippen MR) is 88.4 cm³/mol. The summed E-state index contributed by atoms with van der Waals surface area (Å²) in [5, 5.41) is 5.22. The maximum Gasteiger partial charge on any atom is 0.113 e. The van der Waals surface area contributed by atoms with Gasteiger partial charge in [0.15, 0.2) is 0 Å². The molecule has 1 aliphatic carbocycles. The van der Waals surface area contributed by atoms with Gasteiger partial charge in [0.25, 0.3) is 0 Å². The number of rotatable bonds is 4. The minimum atomic E-state index is 0.127. The Morgan fingerprint density at radius 2 is 2.05 bits per heavy atom. The first-order chi connectivity index (χ1) is 9.47. The van der Waals surface area contributed by atoms with E-state index in [9.17, 15) is 0 Å². The SMILES string of the molecule is CCC1CCCC(NC(C)C)(c2nc(C)c(C)s2)CC1. The highest BCUT2D eigenvalue weighted by atomic mass is 32.1. The van der Waals surface area contributed by atoms with Gasteiger partial charge in [0.05, 0.1) is 11.2 Å². The third-order valence-electron chi connectivity index (χ3n) is 4.78. The summed E-state index contributed by atoms with van der Waals surface area (Å²) >= 11 is 1.91. The van der Waals surface area contributed by atoms with E-state index < -0.39 is 0 Å². The summed E-state index contributed by atoms with van der Waals surface area (Å²) in [6.07, 6.45) is 7.88. The smallest absolute Gasteiger partial charge is 0.113 e. The lowest BCUT2D eigenvalue weighted by atomic mass is 9.89. The average molecular weight is 295 g/mol. The summed E-state index contributed by atoms with van der Waals surface area (Å²) in [7, 11) is 0. The number of thiazole rings is 1. The third kappa shape index (κ3) is 3.43. The second kappa shape index (κ2) is 6.57. The molecule has 2 nitrogen and oxygen atoms in total. The first-order valence-corrected chi connectivity index (χ1v) is 9.00. The number of nitrogens with zero attached hydrogens (tertiary/aromatic N) is 1. The number of nitrogens with one attached hydrogen (secondary N) is 1. The molecule has 1 aromatic rings. The van der Waals surface area contributed by atoms with Crippen molar-refractivity contribution in [1.29, 1.82) is 0 Å². The van der Waals surface area contributed by atoms with Crippen LogP contribution in [0, 0.1) is 19.8 Å². The van der Waals surface area contributed by atoms with E-state index in [2.05, 4.69) is 39.9 Å². The molecule has 0 aliphatic heterocycles.